The minimum Gasteiger partial charge on any atom is -0.456 e. The van der Waals surface area contributed by atoms with Crippen molar-refractivity contribution in [1.29, 1.82) is 0 Å². The van der Waals surface area contributed by atoms with Crippen molar-refractivity contribution < 1.29 is 14.1 Å². The molecule has 4 rings (SSSR count). The molecular formula is C19H18N4O3. The summed E-state index contributed by atoms with van der Waals surface area (Å²) in [5, 5.41) is 6.69. The predicted octanol–water partition coefficient (Wildman–Crippen LogP) is 3.71. The number of ether oxygens (including phenoxy) is 1. The maximum atomic E-state index is 12.0. The molecule has 1 aliphatic carbocycles. The highest BCUT2D eigenvalue weighted by Crippen LogP contribution is 2.38. The smallest absolute Gasteiger partial charge is 0.227 e. The van der Waals surface area contributed by atoms with E-state index in [1.165, 1.54) is 0 Å². The van der Waals surface area contributed by atoms with Gasteiger partial charge in [0.15, 0.2) is 5.82 Å². The Labute approximate surface area is 150 Å². The van der Waals surface area contributed by atoms with Gasteiger partial charge in [0, 0.05) is 18.8 Å². The van der Waals surface area contributed by atoms with E-state index in [2.05, 4.69) is 20.4 Å². The van der Waals surface area contributed by atoms with Crippen LogP contribution in [0.3, 0.4) is 0 Å². The van der Waals surface area contributed by atoms with E-state index in [9.17, 15) is 4.79 Å². The van der Waals surface area contributed by atoms with E-state index in [1.54, 1.807) is 18.3 Å². The Balaban J connectivity index is 1.26. The molecule has 1 fully saturated rings. The molecule has 0 radical (unpaired) electrons. The van der Waals surface area contributed by atoms with E-state index >= 15 is 0 Å². The summed E-state index contributed by atoms with van der Waals surface area (Å²) in [7, 11) is 0. The topological polar surface area (TPSA) is 90.1 Å². The van der Waals surface area contributed by atoms with E-state index in [1.807, 2.05) is 30.3 Å². The molecule has 7 nitrogen and oxygen atoms in total. The highest BCUT2D eigenvalue weighted by Gasteiger charge is 2.28. The zero-order chi connectivity index (χ0) is 17.8. The molecular weight excluding hydrogens is 332 g/mol. The van der Waals surface area contributed by atoms with Crippen LogP contribution in [0.25, 0.3) is 0 Å². The number of hydrogen-bond donors (Lipinski definition) is 1. The standard InChI is InChI=1S/C19H18N4O3/c24-17(10-11-18-22-19(23-26-18)13-6-7-13)21-16-9-8-15(12-20-16)25-14-4-2-1-3-5-14/h1-5,8-9,12-13H,6-7,10-11H2,(H,20,21,24). The van der Waals surface area contributed by atoms with Crippen LogP contribution in [0.5, 0.6) is 11.5 Å². The maximum Gasteiger partial charge on any atom is 0.227 e. The Morgan fingerprint density at radius 3 is 2.73 bits per heavy atom. The van der Waals surface area contributed by atoms with E-state index in [0.717, 1.165) is 24.4 Å². The molecule has 2 aromatic heterocycles. The van der Waals surface area contributed by atoms with Gasteiger partial charge in [-0.15, -0.1) is 0 Å². The van der Waals surface area contributed by atoms with Crippen molar-refractivity contribution in [2.45, 2.75) is 31.6 Å². The highest BCUT2D eigenvalue weighted by atomic mass is 16.5. The van der Waals surface area contributed by atoms with Gasteiger partial charge in [0.25, 0.3) is 0 Å². The average molecular weight is 350 g/mol. The van der Waals surface area contributed by atoms with Crippen molar-refractivity contribution in [1.82, 2.24) is 15.1 Å². The number of carbonyl (C=O) groups excluding carboxylic acids is 1. The molecule has 0 atom stereocenters. The largest absolute Gasteiger partial charge is 0.456 e. The molecule has 1 amide bonds. The lowest BCUT2D eigenvalue weighted by Crippen LogP contribution is -2.13. The number of hydrogen-bond acceptors (Lipinski definition) is 6. The van der Waals surface area contributed by atoms with Gasteiger partial charge in [-0.05, 0) is 37.1 Å². The number of pyridine rings is 1. The Bertz CT molecular complexity index is 873. The van der Waals surface area contributed by atoms with Gasteiger partial charge in [0.1, 0.15) is 17.3 Å². The SMILES string of the molecule is O=C(CCc1nc(C2CC2)no1)Nc1ccc(Oc2ccccc2)cn1. The van der Waals surface area contributed by atoms with E-state index in [-0.39, 0.29) is 12.3 Å². The first-order chi connectivity index (χ1) is 12.8. The summed E-state index contributed by atoms with van der Waals surface area (Å²) in [6.07, 6.45) is 4.49. The average Bonchev–Trinajstić information content (AvgIpc) is 3.41. The third-order valence-electron chi connectivity index (χ3n) is 3.97. The molecule has 3 aromatic rings. The summed E-state index contributed by atoms with van der Waals surface area (Å²) in [6.45, 7) is 0. The van der Waals surface area contributed by atoms with Gasteiger partial charge in [-0.1, -0.05) is 23.4 Å². The monoisotopic (exact) mass is 350 g/mol. The summed E-state index contributed by atoms with van der Waals surface area (Å²) < 4.78 is 10.8. The molecule has 0 aliphatic heterocycles. The number of carbonyl (C=O) groups is 1. The first-order valence-electron chi connectivity index (χ1n) is 8.57. The van der Waals surface area contributed by atoms with Crippen molar-refractivity contribution >= 4 is 11.7 Å². The van der Waals surface area contributed by atoms with Gasteiger partial charge in [-0.2, -0.15) is 4.98 Å². The van der Waals surface area contributed by atoms with E-state index in [4.69, 9.17) is 9.26 Å². The van der Waals surface area contributed by atoms with Crippen molar-refractivity contribution in [2.75, 3.05) is 5.32 Å². The predicted molar refractivity (Wildman–Crippen MR) is 94.0 cm³/mol. The first-order valence-corrected chi connectivity index (χ1v) is 8.57. The number of aryl methyl sites for hydroxylation is 1. The fourth-order valence-corrected chi connectivity index (χ4v) is 2.44. The second-order valence-corrected chi connectivity index (χ2v) is 6.16. The van der Waals surface area contributed by atoms with Gasteiger partial charge in [0.05, 0.1) is 6.20 Å². The van der Waals surface area contributed by atoms with Crippen LogP contribution in [-0.2, 0) is 11.2 Å². The van der Waals surface area contributed by atoms with Crippen molar-refractivity contribution in [3.05, 3.63) is 60.4 Å². The summed E-state index contributed by atoms with van der Waals surface area (Å²) in [4.78, 5) is 20.6. The van der Waals surface area contributed by atoms with Crippen LogP contribution in [0, 0.1) is 0 Å². The molecule has 1 aliphatic rings. The summed E-state index contributed by atoms with van der Waals surface area (Å²) in [6, 6.07) is 12.9. The Kier molecular flexibility index (Phi) is 4.59. The zero-order valence-electron chi connectivity index (χ0n) is 14.1. The van der Waals surface area contributed by atoms with Gasteiger partial charge >= 0.3 is 0 Å². The fraction of sp³-hybridized carbons (Fsp3) is 0.263. The molecule has 0 bridgehead atoms. The third-order valence-corrected chi connectivity index (χ3v) is 3.97. The molecule has 132 valence electrons. The Hall–Kier alpha value is -3.22. The number of nitrogens with zero attached hydrogens (tertiary/aromatic N) is 3. The molecule has 1 saturated carbocycles. The molecule has 2 heterocycles. The fourth-order valence-electron chi connectivity index (χ4n) is 2.44. The van der Waals surface area contributed by atoms with Crippen molar-refractivity contribution in [2.24, 2.45) is 0 Å². The van der Waals surface area contributed by atoms with Crippen molar-refractivity contribution in [3.8, 4) is 11.5 Å². The van der Waals surface area contributed by atoms with E-state index in [0.29, 0.717) is 29.8 Å². The molecule has 0 unspecified atom stereocenters. The number of para-hydroxylation sites is 1. The van der Waals surface area contributed by atoms with Crippen LogP contribution in [0.4, 0.5) is 5.82 Å². The Morgan fingerprint density at radius 2 is 2.00 bits per heavy atom. The number of nitrogens with one attached hydrogen (secondary N) is 1. The summed E-state index contributed by atoms with van der Waals surface area (Å²) in [5.74, 6) is 3.36. The van der Waals surface area contributed by atoms with Crippen LogP contribution >= 0.6 is 0 Å². The minimum atomic E-state index is -0.152. The second kappa shape index (κ2) is 7.35. The minimum absolute atomic E-state index is 0.152. The Morgan fingerprint density at radius 1 is 1.15 bits per heavy atom. The lowest BCUT2D eigenvalue weighted by Gasteiger charge is -2.07. The van der Waals surface area contributed by atoms with E-state index < -0.39 is 0 Å². The highest BCUT2D eigenvalue weighted by molar-refractivity contribution is 5.89. The van der Waals surface area contributed by atoms with Crippen LogP contribution < -0.4 is 10.1 Å². The molecule has 1 aromatic carbocycles. The lowest BCUT2D eigenvalue weighted by atomic mass is 10.3. The van der Waals surface area contributed by atoms with Crippen LogP contribution in [-0.4, -0.2) is 21.0 Å². The first kappa shape index (κ1) is 16.3. The molecule has 7 heteroatoms. The molecule has 0 saturated heterocycles. The second-order valence-electron chi connectivity index (χ2n) is 6.16. The van der Waals surface area contributed by atoms with Crippen molar-refractivity contribution in [3.63, 3.8) is 0 Å². The van der Waals surface area contributed by atoms with Crippen LogP contribution in [0.2, 0.25) is 0 Å². The molecule has 26 heavy (non-hydrogen) atoms. The van der Waals surface area contributed by atoms with Gasteiger partial charge < -0.3 is 14.6 Å². The van der Waals surface area contributed by atoms with Crippen LogP contribution in [0.15, 0.2) is 53.2 Å². The number of aromatic nitrogens is 3. The zero-order valence-corrected chi connectivity index (χ0v) is 14.1. The molecule has 0 spiro atoms. The molecule has 1 N–H and O–H groups in total. The number of anilines is 1. The van der Waals surface area contributed by atoms with Gasteiger partial charge in [-0.25, -0.2) is 4.98 Å². The quantitative estimate of drug-likeness (QED) is 0.699. The summed E-state index contributed by atoms with van der Waals surface area (Å²) in [5.41, 5.74) is 0. The lowest BCUT2D eigenvalue weighted by molar-refractivity contribution is -0.116. The normalized spacial score (nSPS) is 13.4. The number of rotatable bonds is 7. The van der Waals surface area contributed by atoms with Gasteiger partial charge in [-0.3, -0.25) is 4.79 Å². The number of amides is 1. The third kappa shape index (κ3) is 4.24. The van der Waals surface area contributed by atoms with Gasteiger partial charge in [0.2, 0.25) is 11.8 Å². The summed E-state index contributed by atoms with van der Waals surface area (Å²) >= 11 is 0. The number of benzene rings is 1. The maximum absolute atomic E-state index is 12.0. The van der Waals surface area contributed by atoms with Crippen LogP contribution in [0.1, 0.15) is 36.9 Å².